The van der Waals surface area contributed by atoms with Crippen LogP contribution in [0.25, 0.3) is 10.9 Å². The first-order valence-electron chi connectivity index (χ1n) is 6.81. The Labute approximate surface area is 119 Å². The number of hydrogen-bond acceptors (Lipinski definition) is 4. The van der Waals surface area contributed by atoms with Crippen LogP contribution in [0.1, 0.15) is 13.8 Å². The van der Waals surface area contributed by atoms with Crippen LogP contribution in [0.3, 0.4) is 0 Å². The average molecular weight is 276 g/mol. The van der Waals surface area contributed by atoms with Crippen LogP contribution in [0.15, 0.2) is 24.5 Å². The van der Waals surface area contributed by atoms with Crippen LogP contribution in [0.2, 0.25) is 0 Å². The predicted molar refractivity (Wildman–Crippen MR) is 80.5 cm³/mol. The van der Waals surface area contributed by atoms with Crippen molar-refractivity contribution in [2.75, 3.05) is 32.1 Å². The Hall–Kier alpha value is -1.75. The van der Waals surface area contributed by atoms with Crippen molar-refractivity contribution in [1.82, 2.24) is 14.9 Å². The van der Waals surface area contributed by atoms with E-state index < -0.39 is 0 Å². The number of fused-ring (bicyclic) bond motifs is 1. The molecular formula is C15H21FN4. The number of para-hydroxylation sites is 1. The topological polar surface area (TPSA) is 32.3 Å². The number of likely N-dealkylation sites (N-methyl/N-ethyl adjacent to an activating group) is 1. The molecule has 0 aliphatic rings. The fraction of sp³-hybridized carbons (Fsp3) is 0.467. The van der Waals surface area contributed by atoms with Crippen molar-refractivity contribution in [3.8, 4) is 0 Å². The fourth-order valence-corrected chi connectivity index (χ4v) is 2.18. The third-order valence-electron chi connectivity index (χ3n) is 3.28. The molecule has 4 nitrogen and oxygen atoms in total. The minimum Gasteiger partial charge on any atom is -0.352 e. The maximum Gasteiger partial charge on any atom is 0.149 e. The van der Waals surface area contributed by atoms with E-state index in [0.717, 1.165) is 24.3 Å². The van der Waals surface area contributed by atoms with Gasteiger partial charge in [0.1, 0.15) is 23.5 Å². The summed E-state index contributed by atoms with van der Waals surface area (Å²) in [5.74, 6) is 0.494. The Morgan fingerprint density at radius 3 is 2.55 bits per heavy atom. The molecule has 0 N–H and O–H groups in total. The largest absolute Gasteiger partial charge is 0.352 e. The molecule has 20 heavy (non-hydrogen) atoms. The van der Waals surface area contributed by atoms with Gasteiger partial charge in [0, 0.05) is 24.5 Å². The molecule has 0 amide bonds. The summed E-state index contributed by atoms with van der Waals surface area (Å²) in [6.45, 7) is 5.98. The second-order valence-electron chi connectivity index (χ2n) is 5.42. The van der Waals surface area contributed by atoms with Gasteiger partial charge in [0.2, 0.25) is 0 Å². The van der Waals surface area contributed by atoms with Gasteiger partial charge in [-0.2, -0.15) is 0 Å². The Morgan fingerprint density at radius 2 is 1.90 bits per heavy atom. The number of benzene rings is 1. The molecule has 0 radical (unpaired) electrons. The molecule has 108 valence electrons. The van der Waals surface area contributed by atoms with E-state index in [2.05, 4.69) is 33.6 Å². The molecule has 0 aliphatic carbocycles. The molecule has 0 spiro atoms. The zero-order chi connectivity index (χ0) is 14.7. The molecule has 5 heteroatoms. The van der Waals surface area contributed by atoms with Crippen molar-refractivity contribution >= 4 is 16.7 Å². The van der Waals surface area contributed by atoms with Gasteiger partial charge in [0.25, 0.3) is 0 Å². The van der Waals surface area contributed by atoms with Crippen LogP contribution in [0.4, 0.5) is 10.2 Å². The lowest BCUT2D eigenvalue weighted by atomic mass is 10.2. The van der Waals surface area contributed by atoms with Crippen LogP contribution in [-0.4, -0.2) is 48.1 Å². The summed E-state index contributed by atoms with van der Waals surface area (Å²) in [6, 6.07) is 5.29. The van der Waals surface area contributed by atoms with Gasteiger partial charge in [0.05, 0.1) is 0 Å². The van der Waals surface area contributed by atoms with Crippen LogP contribution in [0, 0.1) is 5.82 Å². The summed E-state index contributed by atoms with van der Waals surface area (Å²) < 4.78 is 13.8. The lowest BCUT2D eigenvalue weighted by Crippen LogP contribution is -2.37. The SMILES string of the molecule is CC(C)N(CCN(C)C)c1ncnc2c(F)cccc12. The Balaban J connectivity index is 2.45. The molecule has 0 saturated heterocycles. The number of halogens is 1. The summed E-state index contributed by atoms with van der Waals surface area (Å²) in [6.07, 6.45) is 1.44. The van der Waals surface area contributed by atoms with Gasteiger partial charge in [-0.3, -0.25) is 0 Å². The second kappa shape index (κ2) is 6.13. The molecule has 1 aromatic heterocycles. The molecule has 0 bridgehead atoms. The molecular weight excluding hydrogens is 255 g/mol. The van der Waals surface area contributed by atoms with Gasteiger partial charge >= 0.3 is 0 Å². The standard InChI is InChI=1S/C15H21FN4/c1-11(2)20(9-8-19(3)4)15-12-6-5-7-13(16)14(12)17-10-18-15/h5-7,10-11H,8-9H2,1-4H3. The minimum atomic E-state index is -0.303. The van der Waals surface area contributed by atoms with Gasteiger partial charge in [0.15, 0.2) is 0 Å². The van der Waals surface area contributed by atoms with Crippen LogP contribution in [0.5, 0.6) is 0 Å². The fourth-order valence-electron chi connectivity index (χ4n) is 2.18. The Bertz CT molecular complexity index is 583. The molecule has 0 aliphatic heterocycles. The van der Waals surface area contributed by atoms with E-state index in [1.165, 1.54) is 12.4 Å². The van der Waals surface area contributed by atoms with Crippen LogP contribution < -0.4 is 4.90 Å². The molecule has 2 rings (SSSR count). The zero-order valence-corrected chi connectivity index (χ0v) is 12.5. The first kappa shape index (κ1) is 14.7. The van der Waals surface area contributed by atoms with Crippen LogP contribution in [-0.2, 0) is 0 Å². The van der Waals surface area contributed by atoms with Gasteiger partial charge in [-0.05, 0) is 40.1 Å². The van der Waals surface area contributed by atoms with Crippen molar-refractivity contribution in [3.05, 3.63) is 30.3 Å². The van der Waals surface area contributed by atoms with Gasteiger partial charge in [-0.25, -0.2) is 14.4 Å². The third kappa shape index (κ3) is 3.04. The number of hydrogen-bond donors (Lipinski definition) is 0. The van der Waals surface area contributed by atoms with E-state index in [0.29, 0.717) is 5.52 Å². The highest BCUT2D eigenvalue weighted by atomic mass is 19.1. The van der Waals surface area contributed by atoms with Gasteiger partial charge in [-0.1, -0.05) is 6.07 Å². The highest BCUT2D eigenvalue weighted by Crippen LogP contribution is 2.25. The second-order valence-corrected chi connectivity index (χ2v) is 5.42. The quantitative estimate of drug-likeness (QED) is 0.840. The van der Waals surface area contributed by atoms with Crippen molar-refractivity contribution in [2.45, 2.75) is 19.9 Å². The summed E-state index contributed by atoms with van der Waals surface area (Å²) in [7, 11) is 4.08. The highest BCUT2D eigenvalue weighted by molar-refractivity contribution is 5.89. The number of rotatable bonds is 5. The van der Waals surface area contributed by atoms with E-state index in [9.17, 15) is 4.39 Å². The predicted octanol–water partition coefficient (Wildman–Crippen LogP) is 2.55. The van der Waals surface area contributed by atoms with Crippen LogP contribution >= 0.6 is 0 Å². The lowest BCUT2D eigenvalue weighted by molar-refractivity contribution is 0.408. The molecule has 0 unspecified atom stereocenters. The monoisotopic (exact) mass is 276 g/mol. The maximum atomic E-state index is 13.8. The molecule has 0 fully saturated rings. The maximum absolute atomic E-state index is 13.8. The number of anilines is 1. The lowest BCUT2D eigenvalue weighted by Gasteiger charge is -2.29. The van der Waals surface area contributed by atoms with E-state index in [-0.39, 0.29) is 11.9 Å². The summed E-state index contributed by atoms with van der Waals surface area (Å²) in [4.78, 5) is 12.7. The zero-order valence-electron chi connectivity index (χ0n) is 12.5. The number of aromatic nitrogens is 2. The first-order chi connectivity index (χ1) is 9.50. The van der Waals surface area contributed by atoms with Crippen molar-refractivity contribution in [2.24, 2.45) is 0 Å². The molecule has 2 aromatic rings. The number of nitrogens with zero attached hydrogens (tertiary/aromatic N) is 4. The first-order valence-corrected chi connectivity index (χ1v) is 6.81. The Morgan fingerprint density at radius 1 is 1.15 bits per heavy atom. The van der Waals surface area contributed by atoms with E-state index >= 15 is 0 Å². The van der Waals surface area contributed by atoms with Gasteiger partial charge < -0.3 is 9.80 Å². The van der Waals surface area contributed by atoms with E-state index in [1.54, 1.807) is 6.07 Å². The Kier molecular flexibility index (Phi) is 4.49. The smallest absolute Gasteiger partial charge is 0.149 e. The van der Waals surface area contributed by atoms with E-state index in [1.807, 2.05) is 20.2 Å². The summed E-state index contributed by atoms with van der Waals surface area (Å²) in [5, 5.41) is 0.764. The van der Waals surface area contributed by atoms with Crippen molar-refractivity contribution < 1.29 is 4.39 Å². The normalized spacial score (nSPS) is 11.6. The van der Waals surface area contributed by atoms with E-state index in [4.69, 9.17) is 0 Å². The average Bonchev–Trinajstić information content (AvgIpc) is 2.39. The van der Waals surface area contributed by atoms with Crippen molar-refractivity contribution in [3.63, 3.8) is 0 Å². The highest BCUT2D eigenvalue weighted by Gasteiger charge is 2.16. The molecule has 0 atom stereocenters. The molecule has 1 heterocycles. The third-order valence-corrected chi connectivity index (χ3v) is 3.28. The summed E-state index contributed by atoms with van der Waals surface area (Å²) >= 11 is 0. The van der Waals surface area contributed by atoms with Crippen molar-refractivity contribution in [1.29, 1.82) is 0 Å². The molecule has 0 saturated carbocycles. The van der Waals surface area contributed by atoms with Gasteiger partial charge in [-0.15, -0.1) is 0 Å². The summed E-state index contributed by atoms with van der Waals surface area (Å²) in [5.41, 5.74) is 0.382. The minimum absolute atomic E-state index is 0.288. The molecule has 1 aromatic carbocycles.